The van der Waals surface area contributed by atoms with Crippen molar-refractivity contribution >= 4 is 44.6 Å². The van der Waals surface area contributed by atoms with Gasteiger partial charge < -0.3 is 14.5 Å². The summed E-state index contributed by atoms with van der Waals surface area (Å²) in [5.41, 5.74) is 20.7. The number of fused-ring (bicyclic) bond motifs is 7. The zero-order valence-corrected chi connectivity index (χ0v) is 46.2. The van der Waals surface area contributed by atoms with Crippen molar-refractivity contribution in [3.63, 3.8) is 0 Å². The molecule has 5 nitrogen and oxygen atoms in total. The normalized spacial score (nSPS) is 13.6. The maximum atomic E-state index is 6.99. The number of para-hydroxylation sites is 4. The maximum Gasteiger partial charge on any atom is 0.137 e. The summed E-state index contributed by atoms with van der Waals surface area (Å²) in [4.78, 5) is 10.1. The van der Waals surface area contributed by atoms with Gasteiger partial charge in [-0.3, -0.25) is 4.57 Å². The molecule has 0 saturated carbocycles. The molecule has 0 fully saturated rings. The third-order valence-corrected chi connectivity index (χ3v) is 16.7. The molecule has 0 radical (unpaired) electrons. The van der Waals surface area contributed by atoms with Crippen molar-refractivity contribution in [3.05, 3.63) is 288 Å². The second-order valence-corrected chi connectivity index (χ2v) is 23.6. The molecule has 0 bridgehead atoms. The van der Waals surface area contributed by atoms with Crippen molar-refractivity contribution in [2.24, 2.45) is 0 Å². The first-order valence-corrected chi connectivity index (χ1v) is 28.0. The maximum absolute atomic E-state index is 6.99. The van der Waals surface area contributed by atoms with Crippen molar-refractivity contribution in [3.8, 4) is 50.7 Å². The first kappa shape index (κ1) is 48.9. The summed E-state index contributed by atoms with van der Waals surface area (Å²) in [5.74, 6) is 2.34. The Balaban J connectivity index is 0.874. The predicted molar refractivity (Wildman–Crippen MR) is 333 cm³/mol. The smallest absolute Gasteiger partial charge is 0.137 e. The Bertz CT molecular complexity index is 4210. The molecule has 3 heterocycles. The van der Waals surface area contributed by atoms with Gasteiger partial charge in [-0.25, -0.2) is 4.98 Å². The van der Waals surface area contributed by atoms with Gasteiger partial charge in [0.05, 0.1) is 33.5 Å². The lowest BCUT2D eigenvalue weighted by atomic mass is 9.65. The Hall–Kier alpha value is -9.45. The lowest BCUT2D eigenvalue weighted by Crippen LogP contribution is -2.30. The molecule has 2 aromatic heterocycles. The molecule has 80 heavy (non-hydrogen) atoms. The third kappa shape index (κ3) is 8.02. The molecular weight excluding hydrogens is 973 g/mol. The van der Waals surface area contributed by atoms with Crippen LogP contribution in [0.2, 0.25) is 0 Å². The van der Waals surface area contributed by atoms with Crippen LogP contribution in [0.1, 0.15) is 74.9 Å². The molecule has 0 amide bonds. The molecule has 5 heteroatoms. The number of aromatic nitrogens is 2. The summed E-state index contributed by atoms with van der Waals surface area (Å²) in [7, 11) is 0. The number of pyridine rings is 1. The number of hydrogen-bond donors (Lipinski definition) is 0. The summed E-state index contributed by atoms with van der Waals surface area (Å²) in [6, 6.07) is 90.7. The molecule has 10 aromatic carbocycles. The average Bonchev–Trinajstić information content (AvgIpc) is 4.15. The van der Waals surface area contributed by atoms with Crippen molar-refractivity contribution < 1.29 is 4.74 Å². The van der Waals surface area contributed by atoms with Crippen LogP contribution in [0.5, 0.6) is 11.5 Å². The van der Waals surface area contributed by atoms with E-state index >= 15 is 0 Å². The van der Waals surface area contributed by atoms with Gasteiger partial charge in [0.2, 0.25) is 0 Å². The fourth-order valence-corrected chi connectivity index (χ4v) is 12.8. The highest BCUT2D eigenvalue weighted by Crippen LogP contribution is 2.57. The van der Waals surface area contributed by atoms with Crippen LogP contribution in [-0.4, -0.2) is 16.2 Å². The van der Waals surface area contributed by atoms with E-state index in [0.29, 0.717) is 6.67 Å². The van der Waals surface area contributed by atoms with Crippen molar-refractivity contribution in [1.82, 2.24) is 9.55 Å². The second-order valence-electron chi connectivity index (χ2n) is 23.6. The van der Waals surface area contributed by atoms with Gasteiger partial charge in [-0.1, -0.05) is 224 Å². The van der Waals surface area contributed by atoms with E-state index in [0.717, 1.165) is 56.2 Å². The van der Waals surface area contributed by atoms with Crippen LogP contribution in [0.3, 0.4) is 0 Å². The monoisotopic (exact) mass is 1030 g/mol. The van der Waals surface area contributed by atoms with E-state index in [1.54, 1.807) is 0 Å². The molecule has 1 aliphatic heterocycles. The van der Waals surface area contributed by atoms with Crippen molar-refractivity contribution in [2.75, 3.05) is 16.5 Å². The Labute approximate surface area is 469 Å². The first-order valence-electron chi connectivity index (χ1n) is 28.0. The van der Waals surface area contributed by atoms with E-state index in [2.05, 4.69) is 305 Å². The summed E-state index contributed by atoms with van der Waals surface area (Å²) in [6.07, 6.45) is 2.01. The SMILES string of the molecule is CC(C)(C)c1cc(C(C)(C)C)cc(C2(c3ccnc(-n4c5ccccc5c5ccc(Oc6cccc(N7CN(c8c(-c9ccccc9)cccc8-c8ccccc8)c8ccccc87)c6)cc54)c3)c3ccccc3-c3ccccc32)c1. The fourth-order valence-electron chi connectivity index (χ4n) is 12.8. The van der Waals surface area contributed by atoms with Gasteiger partial charge in [0, 0.05) is 45.9 Å². The number of nitrogens with zero attached hydrogens (tertiary/aromatic N) is 4. The summed E-state index contributed by atoms with van der Waals surface area (Å²) in [5, 5.41) is 2.29. The number of rotatable bonds is 9. The molecular formula is C75H62N4O. The van der Waals surface area contributed by atoms with Gasteiger partial charge in [0.1, 0.15) is 24.0 Å². The van der Waals surface area contributed by atoms with Crippen LogP contribution in [0.25, 0.3) is 61.0 Å². The van der Waals surface area contributed by atoms with E-state index in [1.807, 2.05) is 6.20 Å². The summed E-state index contributed by atoms with van der Waals surface area (Å²) in [6.45, 7) is 14.6. The number of ether oxygens (including phenoxy) is 1. The largest absolute Gasteiger partial charge is 0.457 e. The van der Waals surface area contributed by atoms with Gasteiger partial charge in [0.15, 0.2) is 0 Å². The Kier molecular flexibility index (Phi) is 11.5. The quantitative estimate of drug-likeness (QED) is 0.144. The molecule has 12 aromatic rings. The molecule has 0 spiro atoms. The highest BCUT2D eigenvalue weighted by Gasteiger charge is 2.47. The van der Waals surface area contributed by atoms with Crippen LogP contribution in [0.4, 0.5) is 22.7 Å². The van der Waals surface area contributed by atoms with Crippen LogP contribution in [-0.2, 0) is 16.2 Å². The summed E-state index contributed by atoms with van der Waals surface area (Å²) >= 11 is 0. The van der Waals surface area contributed by atoms with Gasteiger partial charge in [0.25, 0.3) is 0 Å². The van der Waals surface area contributed by atoms with Gasteiger partial charge >= 0.3 is 0 Å². The predicted octanol–water partition coefficient (Wildman–Crippen LogP) is 19.5. The number of hydrogen-bond acceptors (Lipinski definition) is 4. The zero-order valence-electron chi connectivity index (χ0n) is 46.2. The second kappa shape index (κ2) is 18.9. The summed E-state index contributed by atoms with van der Waals surface area (Å²) < 4.78 is 9.32. The highest BCUT2D eigenvalue weighted by atomic mass is 16.5. The zero-order chi connectivity index (χ0) is 54.3. The Morgan fingerprint density at radius 3 is 1.60 bits per heavy atom. The molecule has 388 valence electrons. The molecule has 1 aliphatic carbocycles. The molecule has 0 N–H and O–H groups in total. The van der Waals surface area contributed by atoms with Crippen LogP contribution in [0, 0.1) is 0 Å². The standard InChI is InChI=1S/C75H62N4O/c1-73(2,3)53-43-54(74(4,5)6)45-55(44-53)75(65-34-16-13-29-61(65)62-30-14-17-35-66(62)75)52-41-42-76-71(46-52)79-67-36-18-15-31-63(67)64-40-39-58(48-70(64)79)80-57-28-21-27-56(47-57)77-49-78(69-38-20-19-37-68(69)77)72-59(50-23-9-7-10-24-50)32-22-33-60(72)51-25-11-8-12-26-51/h7-48H,49H2,1-6H3. The Morgan fingerprint density at radius 2 is 0.950 bits per heavy atom. The van der Waals surface area contributed by atoms with E-state index in [-0.39, 0.29) is 10.8 Å². The molecule has 2 aliphatic rings. The minimum atomic E-state index is -0.632. The third-order valence-electron chi connectivity index (χ3n) is 16.7. The molecule has 0 atom stereocenters. The lowest BCUT2D eigenvalue weighted by molar-refractivity contribution is 0.483. The van der Waals surface area contributed by atoms with E-state index in [1.165, 1.54) is 72.4 Å². The minimum Gasteiger partial charge on any atom is -0.457 e. The molecule has 0 unspecified atom stereocenters. The van der Waals surface area contributed by atoms with Gasteiger partial charge in [-0.15, -0.1) is 0 Å². The highest BCUT2D eigenvalue weighted by molar-refractivity contribution is 6.09. The number of benzene rings is 10. The molecule has 14 rings (SSSR count). The van der Waals surface area contributed by atoms with Crippen molar-refractivity contribution in [1.29, 1.82) is 0 Å². The first-order chi connectivity index (χ1) is 38.9. The van der Waals surface area contributed by atoms with Gasteiger partial charge in [-0.2, -0.15) is 0 Å². The van der Waals surface area contributed by atoms with Crippen LogP contribution in [0.15, 0.2) is 255 Å². The van der Waals surface area contributed by atoms with Crippen LogP contribution >= 0.6 is 0 Å². The van der Waals surface area contributed by atoms with E-state index in [9.17, 15) is 0 Å². The number of anilines is 4. The lowest BCUT2D eigenvalue weighted by Gasteiger charge is -2.36. The van der Waals surface area contributed by atoms with Crippen molar-refractivity contribution in [2.45, 2.75) is 57.8 Å². The van der Waals surface area contributed by atoms with E-state index < -0.39 is 5.41 Å². The average molecular weight is 1040 g/mol. The Morgan fingerprint density at radius 1 is 0.412 bits per heavy atom. The minimum absolute atomic E-state index is 0.0775. The van der Waals surface area contributed by atoms with Gasteiger partial charge in [-0.05, 0) is 121 Å². The molecule has 0 saturated heterocycles. The van der Waals surface area contributed by atoms with Crippen LogP contribution < -0.4 is 14.5 Å². The fraction of sp³-hybridized carbons (Fsp3) is 0.133. The topological polar surface area (TPSA) is 33.5 Å². The van der Waals surface area contributed by atoms with E-state index in [4.69, 9.17) is 9.72 Å².